The van der Waals surface area contributed by atoms with Gasteiger partial charge in [0.15, 0.2) is 17.0 Å². The number of fused-ring (bicyclic) bond motifs is 4. The van der Waals surface area contributed by atoms with E-state index in [1.54, 1.807) is 18.7 Å². The quantitative estimate of drug-likeness (QED) is 0.351. The van der Waals surface area contributed by atoms with Crippen molar-refractivity contribution in [2.75, 3.05) is 11.4 Å². The first-order chi connectivity index (χ1) is 14.8. The number of urea groups is 1. The number of carbonyl (C=O) groups excluding carboxylic acids is 3. The van der Waals surface area contributed by atoms with E-state index in [-0.39, 0.29) is 30.3 Å². The van der Waals surface area contributed by atoms with Crippen LogP contribution in [0, 0.1) is 28.5 Å². The van der Waals surface area contributed by atoms with E-state index in [1.165, 1.54) is 6.07 Å². The summed E-state index contributed by atoms with van der Waals surface area (Å²) in [7, 11) is -1.87. The van der Waals surface area contributed by atoms with Crippen LogP contribution in [0.2, 0.25) is 19.6 Å². The zero-order valence-electron chi connectivity index (χ0n) is 18.6. The second kappa shape index (κ2) is 7.39. The first-order valence-corrected chi connectivity index (χ1v) is 14.0. The van der Waals surface area contributed by atoms with E-state index in [4.69, 9.17) is 4.74 Å². The van der Waals surface area contributed by atoms with Gasteiger partial charge in [-0.15, -0.1) is 5.54 Å². The molecular formula is C22H25F2N3O4Si. The van der Waals surface area contributed by atoms with E-state index >= 15 is 8.78 Å². The fraction of sp³-hybridized carbons (Fsp3) is 0.500. The lowest BCUT2D eigenvalue weighted by Crippen LogP contribution is -2.75. The van der Waals surface area contributed by atoms with Crippen molar-refractivity contribution in [3.05, 3.63) is 28.8 Å². The minimum absolute atomic E-state index is 0.0104. The van der Waals surface area contributed by atoms with Gasteiger partial charge >= 0.3 is 6.03 Å². The van der Waals surface area contributed by atoms with E-state index in [2.05, 4.69) is 22.1 Å². The van der Waals surface area contributed by atoms with Crippen molar-refractivity contribution in [3.63, 3.8) is 0 Å². The van der Waals surface area contributed by atoms with Gasteiger partial charge in [-0.05, 0) is 25.5 Å². The molecule has 0 aromatic heterocycles. The van der Waals surface area contributed by atoms with Gasteiger partial charge in [0, 0.05) is 13.0 Å². The van der Waals surface area contributed by atoms with Crippen LogP contribution < -0.4 is 15.5 Å². The minimum atomic E-state index is -1.87. The predicted octanol–water partition coefficient (Wildman–Crippen LogP) is 2.08. The first-order valence-electron chi connectivity index (χ1n) is 10.5. The number of hydrogen-bond donors (Lipinski definition) is 2. The number of amides is 4. The number of rotatable bonds is 0. The number of hydrogen-bond acceptors (Lipinski definition) is 5. The molecule has 10 heteroatoms. The number of halogens is 2. The summed E-state index contributed by atoms with van der Waals surface area (Å²) in [6.45, 7) is 9.55. The predicted molar refractivity (Wildman–Crippen MR) is 116 cm³/mol. The summed E-state index contributed by atoms with van der Waals surface area (Å²) in [6, 6.07) is -0.416. The summed E-state index contributed by atoms with van der Waals surface area (Å²) in [4.78, 5) is 39.5. The number of morpholine rings is 1. The Morgan fingerprint density at radius 2 is 1.75 bits per heavy atom. The topological polar surface area (TPSA) is 87.7 Å². The highest BCUT2D eigenvalue weighted by atomic mass is 28.3. The van der Waals surface area contributed by atoms with Gasteiger partial charge in [-0.1, -0.05) is 25.6 Å². The number of anilines is 1. The van der Waals surface area contributed by atoms with Gasteiger partial charge in [-0.3, -0.25) is 20.2 Å². The van der Waals surface area contributed by atoms with Crippen LogP contribution in [0.3, 0.4) is 0 Å². The van der Waals surface area contributed by atoms with Crippen molar-refractivity contribution in [1.82, 2.24) is 10.6 Å². The molecule has 4 amide bonds. The molecule has 32 heavy (non-hydrogen) atoms. The summed E-state index contributed by atoms with van der Waals surface area (Å²) in [5, 5.41) is 4.34. The third-order valence-corrected chi connectivity index (χ3v) is 6.91. The molecule has 1 aromatic carbocycles. The zero-order valence-corrected chi connectivity index (χ0v) is 19.6. The Hall–Kier alpha value is -2.77. The van der Waals surface area contributed by atoms with Gasteiger partial charge in [0.25, 0.3) is 0 Å². The van der Waals surface area contributed by atoms with Crippen LogP contribution in [0.4, 0.5) is 19.3 Å². The van der Waals surface area contributed by atoms with Crippen molar-refractivity contribution in [2.45, 2.75) is 58.2 Å². The molecule has 4 rings (SSSR count). The molecular weight excluding hydrogens is 436 g/mol. The molecule has 170 valence electrons. The molecule has 0 aliphatic carbocycles. The smallest absolute Gasteiger partial charge is 0.328 e. The van der Waals surface area contributed by atoms with E-state index in [9.17, 15) is 14.4 Å². The normalized spacial score (nSPS) is 26.5. The largest absolute Gasteiger partial charge is 0.372 e. The molecule has 2 saturated heterocycles. The Kier molecular flexibility index (Phi) is 5.18. The number of carbonyl (C=O) groups is 3. The second-order valence-corrected chi connectivity index (χ2v) is 14.4. The number of barbiturate groups is 1. The molecule has 1 spiro atoms. The molecule has 0 saturated carbocycles. The molecule has 0 radical (unpaired) electrons. The zero-order chi connectivity index (χ0) is 23.6. The van der Waals surface area contributed by atoms with Crippen LogP contribution >= 0.6 is 0 Å². The number of nitrogens with one attached hydrogen (secondary N) is 2. The third-order valence-electron chi connectivity index (χ3n) is 6.04. The van der Waals surface area contributed by atoms with Crippen molar-refractivity contribution in [1.29, 1.82) is 0 Å². The molecule has 0 unspecified atom stereocenters. The van der Waals surface area contributed by atoms with Crippen LogP contribution in [0.5, 0.6) is 0 Å². The van der Waals surface area contributed by atoms with Crippen LogP contribution in [-0.2, 0) is 20.7 Å². The SMILES string of the molecule is C[C@H]1CN2c3c(cc(C#C[Si](C)(C)C)c(F)c3F)CC3(C(=O)NC(=O)NC3=O)[C@@H]2[C@@H](C)O1. The lowest BCUT2D eigenvalue weighted by atomic mass is 9.66. The lowest BCUT2D eigenvalue weighted by molar-refractivity contribution is -0.153. The van der Waals surface area contributed by atoms with Crippen molar-refractivity contribution >= 4 is 31.6 Å². The Morgan fingerprint density at radius 1 is 1.12 bits per heavy atom. The van der Waals surface area contributed by atoms with Crippen LogP contribution in [0.15, 0.2) is 6.07 Å². The van der Waals surface area contributed by atoms with Crippen molar-refractivity contribution in [2.24, 2.45) is 5.41 Å². The molecule has 2 fully saturated rings. The van der Waals surface area contributed by atoms with Gasteiger partial charge in [-0.2, -0.15) is 0 Å². The van der Waals surface area contributed by atoms with E-state index in [0.717, 1.165) is 0 Å². The van der Waals surface area contributed by atoms with Gasteiger partial charge in [-0.25, -0.2) is 13.6 Å². The third kappa shape index (κ3) is 3.40. The number of imide groups is 2. The summed E-state index contributed by atoms with van der Waals surface area (Å²) in [5.41, 5.74) is 1.47. The summed E-state index contributed by atoms with van der Waals surface area (Å²) in [5.74, 6) is -0.921. The van der Waals surface area contributed by atoms with Gasteiger partial charge in [0.05, 0.1) is 29.5 Å². The number of benzene rings is 1. The highest BCUT2D eigenvalue weighted by molar-refractivity contribution is 6.83. The number of nitrogens with zero attached hydrogens (tertiary/aromatic N) is 1. The maximum absolute atomic E-state index is 15.4. The molecule has 1 aromatic rings. The van der Waals surface area contributed by atoms with Gasteiger partial charge in [0.2, 0.25) is 11.8 Å². The van der Waals surface area contributed by atoms with Crippen molar-refractivity contribution < 1.29 is 27.9 Å². The maximum Gasteiger partial charge on any atom is 0.328 e. The monoisotopic (exact) mass is 461 g/mol. The Morgan fingerprint density at radius 3 is 2.34 bits per heavy atom. The highest BCUT2D eigenvalue weighted by Crippen LogP contribution is 2.48. The van der Waals surface area contributed by atoms with Gasteiger partial charge < -0.3 is 9.64 Å². The van der Waals surface area contributed by atoms with E-state index in [0.29, 0.717) is 5.56 Å². The molecule has 7 nitrogen and oxygen atoms in total. The maximum atomic E-state index is 15.4. The molecule has 3 aliphatic heterocycles. The van der Waals surface area contributed by atoms with E-state index < -0.39 is 55.1 Å². The average Bonchev–Trinajstić information content (AvgIpc) is 2.66. The summed E-state index contributed by atoms with van der Waals surface area (Å²) < 4.78 is 36.3. The summed E-state index contributed by atoms with van der Waals surface area (Å²) in [6.07, 6.45) is -1.23. The van der Waals surface area contributed by atoms with Crippen LogP contribution in [0.1, 0.15) is 25.0 Å². The Labute approximate surface area is 185 Å². The van der Waals surface area contributed by atoms with Crippen LogP contribution in [-0.4, -0.2) is 50.7 Å². The van der Waals surface area contributed by atoms with Crippen molar-refractivity contribution in [3.8, 4) is 11.5 Å². The molecule has 0 bridgehead atoms. The minimum Gasteiger partial charge on any atom is -0.372 e. The fourth-order valence-electron chi connectivity index (χ4n) is 4.88. The average molecular weight is 462 g/mol. The van der Waals surface area contributed by atoms with Gasteiger partial charge in [0.1, 0.15) is 8.07 Å². The van der Waals surface area contributed by atoms with E-state index in [1.807, 2.05) is 19.6 Å². The second-order valence-electron chi connectivity index (χ2n) is 9.69. The lowest BCUT2D eigenvalue weighted by Gasteiger charge is -2.55. The highest BCUT2D eigenvalue weighted by Gasteiger charge is 2.63. The molecule has 3 aliphatic rings. The Bertz CT molecular complexity index is 1090. The molecule has 3 heterocycles. The first kappa shape index (κ1) is 22.4. The molecule has 3 atom stereocenters. The summed E-state index contributed by atoms with van der Waals surface area (Å²) >= 11 is 0. The van der Waals surface area contributed by atoms with Crippen LogP contribution in [0.25, 0.3) is 0 Å². The standard InChI is InChI=1S/C22H25F2N3O4Si/c1-11-10-27-17-14(8-13(15(23)16(17)24)6-7-32(3,4)5)9-22(18(27)12(2)31-11)19(28)25-21(30)26-20(22)29/h8,11-12,18H,9-10H2,1-5H3,(H2,25,26,28,29,30)/t11-,12+,18-/m0/s1. The number of ether oxygens (including phenoxy) is 1. The Balaban J connectivity index is 1.95. The molecule has 2 N–H and O–H groups in total. The fourth-order valence-corrected chi connectivity index (χ4v) is 5.39.